The van der Waals surface area contributed by atoms with Gasteiger partial charge in [0, 0.05) is 16.5 Å². The Kier molecular flexibility index (Phi) is 3.72. The van der Waals surface area contributed by atoms with Crippen LogP contribution in [0.25, 0.3) is 22.5 Å². The van der Waals surface area contributed by atoms with Crippen molar-refractivity contribution in [3.8, 4) is 39.8 Å². The van der Waals surface area contributed by atoms with E-state index in [9.17, 15) is 5.11 Å². The van der Waals surface area contributed by atoms with Crippen LogP contribution in [0.3, 0.4) is 0 Å². The zero-order valence-electron chi connectivity index (χ0n) is 12.4. The standard InChI is InChI=1S/C15H15N3O3S/c1-8-17-11(7-22-8)10-6-16-18-13(10)9-4-5-12(20-2)15(21-3)14(9)19/h4-7,19H,1-3H3,(H,16,18). The second-order valence-electron chi connectivity index (χ2n) is 4.61. The Morgan fingerprint density at radius 2 is 2.00 bits per heavy atom. The SMILES string of the molecule is COc1ccc(-c2[nH]ncc2-c2csc(C)n2)c(O)c1OC. The minimum atomic E-state index is -0.000647. The van der Waals surface area contributed by atoms with E-state index in [-0.39, 0.29) is 11.5 Å². The first-order valence-electron chi connectivity index (χ1n) is 6.56. The average molecular weight is 317 g/mol. The highest BCUT2D eigenvalue weighted by Gasteiger charge is 2.20. The number of phenols is 1. The number of aromatic nitrogens is 3. The number of ether oxygens (including phenoxy) is 2. The quantitative estimate of drug-likeness (QED) is 0.772. The summed E-state index contributed by atoms with van der Waals surface area (Å²) in [5.41, 5.74) is 2.91. The second-order valence-corrected chi connectivity index (χ2v) is 5.67. The van der Waals surface area contributed by atoms with E-state index in [1.54, 1.807) is 29.7 Å². The molecule has 3 rings (SSSR count). The van der Waals surface area contributed by atoms with Crippen LogP contribution < -0.4 is 9.47 Å². The number of thiazole rings is 1. The third-order valence-corrected chi connectivity index (χ3v) is 4.10. The molecule has 7 heteroatoms. The van der Waals surface area contributed by atoms with Crippen molar-refractivity contribution in [2.24, 2.45) is 0 Å². The monoisotopic (exact) mass is 317 g/mol. The van der Waals surface area contributed by atoms with E-state index < -0.39 is 0 Å². The number of benzene rings is 1. The summed E-state index contributed by atoms with van der Waals surface area (Å²) >= 11 is 1.56. The Morgan fingerprint density at radius 3 is 2.64 bits per heavy atom. The Morgan fingerprint density at radius 1 is 1.18 bits per heavy atom. The minimum Gasteiger partial charge on any atom is -0.504 e. The van der Waals surface area contributed by atoms with Gasteiger partial charge >= 0.3 is 0 Å². The highest BCUT2D eigenvalue weighted by Crippen LogP contribution is 2.45. The highest BCUT2D eigenvalue weighted by molar-refractivity contribution is 7.09. The first kappa shape index (κ1) is 14.4. The number of aryl methyl sites for hydroxylation is 1. The Bertz CT molecular complexity index is 810. The fraction of sp³-hybridized carbons (Fsp3) is 0.200. The molecule has 2 N–H and O–H groups in total. The largest absolute Gasteiger partial charge is 0.504 e. The van der Waals surface area contributed by atoms with Gasteiger partial charge in [-0.15, -0.1) is 11.3 Å². The smallest absolute Gasteiger partial charge is 0.203 e. The number of H-pyrrole nitrogens is 1. The fourth-order valence-electron chi connectivity index (χ4n) is 2.29. The number of methoxy groups -OCH3 is 2. The van der Waals surface area contributed by atoms with E-state index in [1.165, 1.54) is 14.2 Å². The van der Waals surface area contributed by atoms with Crippen molar-refractivity contribution >= 4 is 11.3 Å². The van der Waals surface area contributed by atoms with Gasteiger partial charge in [-0.25, -0.2) is 4.98 Å². The number of phenolic OH excluding ortho intramolecular Hbond substituents is 1. The summed E-state index contributed by atoms with van der Waals surface area (Å²) in [5, 5.41) is 20.4. The molecule has 0 bridgehead atoms. The van der Waals surface area contributed by atoms with Gasteiger partial charge in [-0.3, -0.25) is 5.10 Å². The van der Waals surface area contributed by atoms with Crippen LogP contribution in [0.4, 0.5) is 0 Å². The number of aromatic hydroxyl groups is 1. The van der Waals surface area contributed by atoms with E-state index in [0.717, 1.165) is 16.3 Å². The van der Waals surface area contributed by atoms with Crippen LogP contribution in [0.1, 0.15) is 5.01 Å². The van der Waals surface area contributed by atoms with Crippen molar-refractivity contribution in [1.29, 1.82) is 0 Å². The molecular formula is C15H15N3O3S. The molecule has 3 aromatic rings. The van der Waals surface area contributed by atoms with E-state index in [4.69, 9.17) is 9.47 Å². The molecular weight excluding hydrogens is 302 g/mol. The van der Waals surface area contributed by atoms with Gasteiger partial charge in [0.15, 0.2) is 11.5 Å². The lowest BCUT2D eigenvalue weighted by Crippen LogP contribution is -1.93. The van der Waals surface area contributed by atoms with Gasteiger partial charge in [-0.2, -0.15) is 5.10 Å². The lowest BCUT2D eigenvalue weighted by molar-refractivity contribution is 0.334. The maximum Gasteiger partial charge on any atom is 0.203 e. The molecule has 6 nitrogen and oxygen atoms in total. The van der Waals surface area contributed by atoms with Crippen LogP contribution in [-0.2, 0) is 0 Å². The van der Waals surface area contributed by atoms with Crippen LogP contribution in [0.2, 0.25) is 0 Å². The molecule has 0 amide bonds. The summed E-state index contributed by atoms with van der Waals surface area (Å²) in [4.78, 5) is 4.47. The van der Waals surface area contributed by atoms with E-state index in [1.807, 2.05) is 12.3 Å². The number of aromatic amines is 1. The summed E-state index contributed by atoms with van der Waals surface area (Å²) < 4.78 is 10.4. The van der Waals surface area contributed by atoms with Crippen LogP contribution >= 0.6 is 11.3 Å². The maximum atomic E-state index is 10.5. The van der Waals surface area contributed by atoms with Crippen molar-refractivity contribution in [2.75, 3.05) is 14.2 Å². The lowest BCUT2D eigenvalue weighted by Gasteiger charge is -2.12. The van der Waals surface area contributed by atoms with Gasteiger partial charge in [0.05, 0.1) is 36.8 Å². The molecule has 0 aliphatic rings. The van der Waals surface area contributed by atoms with Crippen LogP contribution in [0.15, 0.2) is 23.7 Å². The van der Waals surface area contributed by atoms with Gasteiger partial charge in [0.2, 0.25) is 5.75 Å². The summed E-state index contributed by atoms with van der Waals surface area (Å²) in [6.45, 7) is 1.95. The van der Waals surface area contributed by atoms with Crippen molar-refractivity contribution in [3.63, 3.8) is 0 Å². The van der Waals surface area contributed by atoms with E-state index >= 15 is 0 Å². The molecule has 0 unspecified atom stereocenters. The highest BCUT2D eigenvalue weighted by atomic mass is 32.1. The first-order valence-corrected chi connectivity index (χ1v) is 7.43. The fourth-order valence-corrected chi connectivity index (χ4v) is 2.90. The van der Waals surface area contributed by atoms with Gasteiger partial charge in [0.1, 0.15) is 0 Å². The Labute approximate surface area is 131 Å². The molecule has 2 aromatic heterocycles. The van der Waals surface area contributed by atoms with Crippen molar-refractivity contribution in [2.45, 2.75) is 6.92 Å². The molecule has 1 aromatic carbocycles. The predicted molar refractivity (Wildman–Crippen MR) is 84.6 cm³/mol. The predicted octanol–water partition coefficient (Wildman–Crippen LogP) is 3.23. The van der Waals surface area contributed by atoms with E-state index in [0.29, 0.717) is 17.0 Å². The number of nitrogens with one attached hydrogen (secondary N) is 1. The van der Waals surface area contributed by atoms with Crippen molar-refractivity contribution in [1.82, 2.24) is 15.2 Å². The van der Waals surface area contributed by atoms with Crippen LogP contribution in [-0.4, -0.2) is 34.5 Å². The van der Waals surface area contributed by atoms with Gasteiger partial charge in [0.25, 0.3) is 0 Å². The molecule has 0 spiro atoms. The number of nitrogens with zero attached hydrogens (tertiary/aromatic N) is 2. The molecule has 22 heavy (non-hydrogen) atoms. The second kappa shape index (κ2) is 5.69. The molecule has 0 radical (unpaired) electrons. The maximum absolute atomic E-state index is 10.5. The van der Waals surface area contributed by atoms with Gasteiger partial charge in [-0.1, -0.05) is 0 Å². The van der Waals surface area contributed by atoms with Gasteiger partial charge < -0.3 is 14.6 Å². The molecule has 0 saturated carbocycles. The van der Waals surface area contributed by atoms with Gasteiger partial charge in [-0.05, 0) is 19.1 Å². The average Bonchev–Trinajstić information content (AvgIpc) is 3.15. The summed E-state index contributed by atoms with van der Waals surface area (Å²) in [7, 11) is 3.01. The molecule has 0 fully saturated rings. The van der Waals surface area contributed by atoms with Crippen LogP contribution in [0.5, 0.6) is 17.2 Å². The number of hydrogen-bond donors (Lipinski definition) is 2. The Balaban J connectivity index is 2.15. The summed E-state index contributed by atoms with van der Waals surface area (Å²) in [5.74, 6) is 0.753. The van der Waals surface area contributed by atoms with Crippen molar-refractivity contribution in [3.05, 3.63) is 28.7 Å². The normalized spacial score (nSPS) is 10.7. The zero-order chi connectivity index (χ0) is 15.7. The summed E-state index contributed by atoms with van der Waals surface area (Å²) in [6.07, 6.45) is 1.69. The van der Waals surface area contributed by atoms with Crippen LogP contribution in [0, 0.1) is 6.92 Å². The Hall–Kier alpha value is -2.54. The third-order valence-electron chi connectivity index (χ3n) is 3.32. The molecule has 114 valence electrons. The third kappa shape index (κ3) is 2.29. The lowest BCUT2D eigenvalue weighted by atomic mass is 10.0. The number of hydrogen-bond acceptors (Lipinski definition) is 6. The molecule has 0 saturated heterocycles. The topological polar surface area (TPSA) is 80.3 Å². The van der Waals surface area contributed by atoms with Crippen molar-refractivity contribution < 1.29 is 14.6 Å². The summed E-state index contributed by atoms with van der Waals surface area (Å²) in [6, 6.07) is 3.50. The zero-order valence-corrected chi connectivity index (χ0v) is 13.2. The number of rotatable bonds is 4. The molecule has 0 aliphatic heterocycles. The molecule has 0 aliphatic carbocycles. The minimum absolute atomic E-state index is 0.000647. The molecule has 0 atom stereocenters. The van der Waals surface area contributed by atoms with E-state index in [2.05, 4.69) is 15.2 Å². The first-order chi connectivity index (χ1) is 10.7. The molecule has 2 heterocycles.